The first-order valence-electron chi connectivity index (χ1n) is 14.8. The smallest absolute Gasteiger partial charge is 0.366 e. The van der Waals surface area contributed by atoms with Gasteiger partial charge in [-0.15, -0.1) is 0 Å². The van der Waals surface area contributed by atoms with Gasteiger partial charge in [0.25, 0.3) is 11.8 Å². The predicted molar refractivity (Wildman–Crippen MR) is 164 cm³/mol. The molecule has 10 heteroatoms. The first-order valence-corrected chi connectivity index (χ1v) is 14.8. The molecule has 0 bridgehead atoms. The Kier molecular flexibility index (Phi) is 11.4. The molecular weight excluding hydrogens is 581 g/mol. The van der Waals surface area contributed by atoms with Crippen LogP contribution >= 0.6 is 0 Å². The van der Waals surface area contributed by atoms with E-state index in [1.165, 1.54) is 17.1 Å². The maximum atomic E-state index is 13.0. The normalized spacial score (nSPS) is 19.2. The molecule has 3 aliphatic rings. The van der Waals surface area contributed by atoms with Gasteiger partial charge in [-0.3, -0.25) is 14.5 Å². The van der Waals surface area contributed by atoms with Gasteiger partial charge in [-0.2, -0.15) is 4.39 Å². The van der Waals surface area contributed by atoms with Crippen LogP contribution < -0.4 is 9.47 Å². The maximum Gasteiger partial charge on any atom is 0.366 e. The van der Waals surface area contributed by atoms with Crippen LogP contribution in [-0.4, -0.2) is 55.0 Å². The fourth-order valence-corrected chi connectivity index (χ4v) is 5.04. The molecule has 0 fully saturated rings. The van der Waals surface area contributed by atoms with E-state index in [1.54, 1.807) is 30.3 Å². The van der Waals surface area contributed by atoms with Crippen LogP contribution in [0.5, 0.6) is 11.5 Å². The summed E-state index contributed by atoms with van der Waals surface area (Å²) in [7, 11) is 0. The summed E-state index contributed by atoms with van der Waals surface area (Å²) in [6.45, 7) is 7.81. The minimum atomic E-state index is -1.14. The molecule has 45 heavy (non-hydrogen) atoms. The summed E-state index contributed by atoms with van der Waals surface area (Å²) in [6.07, 6.45) is 15.7. The van der Waals surface area contributed by atoms with Gasteiger partial charge in [-0.25, -0.2) is 9.59 Å². The minimum absolute atomic E-state index is 0.00794. The molecule has 1 heterocycles. The average molecular weight is 618 g/mol. The van der Waals surface area contributed by atoms with Crippen LogP contribution in [0.15, 0.2) is 108 Å². The van der Waals surface area contributed by atoms with Crippen molar-refractivity contribution in [3.05, 3.63) is 108 Å². The zero-order valence-electron chi connectivity index (χ0n) is 25.3. The molecular formula is C35H36FNO8. The van der Waals surface area contributed by atoms with E-state index in [0.29, 0.717) is 55.2 Å². The summed E-state index contributed by atoms with van der Waals surface area (Å²) in [6, 6.07) is 6.61. The fraction of sp³-hybridized carbons (Fsp3) is 0.314. The number of halogens is 1. The zero-order chi connectivity index (χ0) is 32.3. The van der Waals surface area contributed by atoms with Crippen LogP contribution in [0.1, 0.15) is 33.1 Å². The molecule has 2 aliphatic carbocycles. The third kappa shape index (κ3) is 9.01. The summed E-state index contributed by atoms with van der Waals surface area (Å²) >= 11 is 0. The lowest BCUT2D eigenvalue weighted by atomic mass is 9.82. The van der Waals surface area contributed by atoms with Gasteiger partial charge in [-0.1, -0.05) is 37.8 Å². The molecule has 0 radical (unpaired) electrons. The molecule has 236 valence electrons. The van der Waals surface area contributed by atoms with Crippen molar-refractivity contribution < 1.29 is 42.5 Å². The highest BCUT2D eigenvalue weighted by molar-refractivity contribution is 6.12. The van der Waals surface area contributed by atoms with E-state index in [0.717, 1.165) is 11.1 Å². The number of imide groups is 1. The Balaban J connectivity index is 1.24. The topological polar surface area (TPSA) is 108 Å². The molecule has 1 aliphatic heterocycles. The van der Waals surface area contributed by atoms with Gasteiger partial charge in [-0.05, 0) is 79.2 Å². The van der Waals surface area contributed by atoms with Gasteiger partial charge in [0.1, 0.15) is 17.3 Å². The molecule has 0 N–H and O–H groups in total. The van der Waals surface area contributed by atoms with Crippen LogP contribution in [-0.2, 0) is 28.7 Å². The second-order valence-electron chi connectivity index (χ2n) is 10.6. The van der Waals surface area contributed by atoms with Crippen LogP contribution in [0.25, 0.3) is 0 Å². The van der Waals surface area contributed by atoms with Gasteiger partial charge in [0, 0.05) is 30.7 Å². The maximum absolute atomic E-state index is 13.0. The second kappa shape index (κ2) is 15.7. The summed E-state index contributed by atoms with van der Waals surface area (Å²) in [5.74, 6) is -1.24. The third-order valence-electron chi connectivity index (χ3n) is 7.43. The molecule has 0 aromatic heterocycles. The van der Waals surface area contributed by atoms with E-state index < -0.39 is 17.8 Å². The van der Waals surface area contributed by atoms with Crippen molar-refractivity contribution in [3.63, 3.8) is 0 Å². The van der Waals surface area contributed by atoms with Gasteiger partial charge >= 0.3 is 11.9 Å². The molecule has 2 unspecified atom stereocenters. The highest BCUT2D eigenvalue weighted by Crippen LogP contribution is 2.43. The van der Waals surface area contributed by atoms with Crippen molar-refractivity contribution in [1.82, 2.24) is 4.90 Å². The van der Waals surface area contributed by atoms with Crippen LogP contribution in [0.2, 0.25) is 0 Å². The van der Waals surface area contributed by atoms with Crippen LogP contribution in [0, 0.1) is 11.8 Å². The molecule has 2 atom stereocenters. The number of amides is 2. The monoisotopic (exact) mass is 617 g/mol. The number of benzene rings is 1. The number of hydrogen-bond donors (Lipinski definition) is 0. The summed E-state index contributed by atoms with van der Waals surface area (Å²) in [4.78, 5) is 48.5. The van der Waals surface area contributed by atoms with Crippen molar-refractivity contribution in [2.45, 2.75) is 33.1 Å². The number of allylic oxidation sites excluding steroid dienone is 8. The Morgan fingerprint density at radius 3 is 2.38 bits per heavy atom. The zero-order valence-corrected chi connectivity index (χ0v) is 25.3. The Hall–Kier alpha value is -4.99. The highest BCUT2D eigenvalue weighted by atomic mass is 19.1. The fourth-order valence-electron chi connectivity index (χ4n) is 5.04. The standard InChI is InChI=1S/C35H36FNO8/c1-4-27(42-18-5-17-37-32(38)15-16-33(37)39)9-7-25-21-23(2)31-22-26(8-14-30(25)31)35(41)45-29-12-10-28(11-13-29)43-19-6-20-44-34(40)24(3)36/h4,7-16,21,23,31H,3,5-6,17-20,22H2,1-2H3/b9-7-,27-4+. The summed E-state index contributed by atoms with van der Waals surface area (Å²) < 4.78 is 34.3. The molecule has 1 aromatic rings. The van der Waals surface area contributed by atoms with Crippen molar-refractivity contribution in [3.8, 4) is 11.5 Å². The first kappa shape index (κ1) is 32.9. The lowest BCUT2D eigenvalue weighted by molar-refractivity contribution is -0.141. The van der Waals surface area contributed by atoms with Crippen molar-refractivity contribution in [2.24, 2.45) is 11.8 Å². The van der Waals surface area contributed by atoms with E-state index in [2.05, 4.69) is 24.3 Å². The number of hydrogen-bond acceptors (Lipinski definition) is 8. The Labute approximate surface area is 261 Å². The number of esters is 2. The van der Waals surface area contributed by atoms with Crippen molar-refractivity contribution in [1.29, 1.82) is 0 Å². The van der Waals surface area contributed by atoms with Gasteiger partial charge in [0.05, 0.1) is 19.8 Å². The first-order chi connectivity index (χ1) is 21.7. The number of fused-ring (bicyclic) bond motifs is 1. The lowest BCUT2D eigenvalue weighted by Gasteiger charge is -2.22. The number of nitrogens with zero attached hydrogens (tertiary/aromatic N) is 1. The van der Waals surface area contributed by atoms with Crippen molar-refractivity contribution in [2.75, 3.05) is 26.4 Å². The Bertz CT molecular complexity index is 1490. The largest absolute Gasteiger partial charge is 0.494 e. The van der Waals surface area contributed by atoms with E-state index in [-0.39, 0.29) is 36.9 Å². The number of carbonyl (C=O) groups excluding carboxylic acids is 4. The SMILES string of the molecule is C=C(F)C(=O)OCCCOc1ccc(OC(=O)C2=CC=C3C(/C=C\C(=C/C)OCCCN4C(=O)C=CC4=O)=CC(C)C3C2)cc1. The number of rotatable bonds is 15. The van der Waals surface area contributed by atoms with Gasteiger partial charge in [0.2, 0.25) is 5.83 Å². The molecule has 4 rings (SSSR count). The van der Waals surface area contributed by atoms with E-state index in [9.17, 15) is 23.6 Å². The third-order valence-corrected chi connectivity index (χ3v) is 7.43. The van der Waals surface area contributed by atoms with E-state index in [4.69, 9.17) is 14.2 Å². The quantitative estimate of drug-likeness (QED) is 0.0474. The second-order valence-corrected chi connectivity index (χ2v) is 10.6. The summed E-state index contributed by atoms with van der Waals surface area (Å²) in [5.41, 5.74) is 2.80. The Morgan fingerprint density at radius 2 is 1.69 bits per heavy atom. The average Bonchev–Trinajstić information content (AvgIpc) is 3.53. The number of carbonyl (C=O) groups is 4. The molecule has 9 nitrogen and oxygen atoms in total. The van der Waals surface area contributed by atoms with Gasteiger partial charge < -0.3 is 18.9 Å². The molecule has 2 amide bonds. The predicted octanol–water partition coefficient (Wildman–Crippen LogP) is 5.63. The molecule has 0 saturated heterocycles. The van der Waals surface area contributed by atoms with Gasteiger partial charge in [0.15, 0.2) is 0 Å². The number of ether oxygens (including phenoxy) is 4. The molecule has 0 saturated carbocycles. The Morgan fingerprint density at radius 1 is 1.00 bits per heavy atom. The van der Waals surface area contributed by atoms with E-state index in [1.807, 2.05) is 31.2 Å². The van der Waals surface area contributed by atoms with Crippen molar-refractivity contribution >= 4 is 23.8 Å². The highest BCUT2D eigenvalue weighted by Gasteiger charge is 2.33. The van der Waals surface area contributed by atoms with Crippen LogP contribution in [0.4, 0.5) is 4.39 Å². The molecule has 0 spiro atoms. The molecule has 1 aromatic carbocycles. The van der Waals surface area contributed by atoms with E-state index >= 15 is 0 Å². The van der Waals surface area contributed by atoms with Crippen LogP contribution in [0.3, 0.4) is 0 Å². The minimum Gasteiger partial charge on any atom is -0.494 e. The lowest BCUT2D eigenvalue weighted by Crippen LogP contribution is -2.31. The summed E-state index contributed by atoms with van der Waals surface area (Å²) in [5, 5.41) is 0.